The summed E-state index contributed by atoms with van der Waals surface area (Å²) in [6.45, 7) is 0. The fourth-order valence-electron chi connectivity index (χ4n) is 2.07. The Labute approximate surface area is 120 Å². The van der Waals surface area contributed by atoms with E-state index < -0.39 is 11.5 Å². The maximum Gasteiger partial charge on any atom is 0.329 e. The molecule has 0 aliphatic heterocycles. The van der Waals surface area contributed by atoms with Gasteiger partial charge in [0.05, 0.1) is 0 Å². The van der Waals surface area contributed by atoms with E-state index in [1.54, 1.807) is 18.2 Å². The zero-order chi connectivity index (χ0) is 14.6. The van der Waals surface area contributed by atoms with E-state index in [0.29, 0.717) is 23.5 Å². The SMILES string of the molecule is O=C(CCSc1ccccc1F)NC1(C(=O)O)CCC1. The number of nitrogens with one attached hydrogen (secondary N) is 1. The van der Waals surface area contributed by atoms with E-state index in [2.05, 4.69) is 5.32 Å². The highest BCUT2D eigenvalue weighted by atomic mass is 32.2. The maximum atomic E-state index is 13.4. The molecular weight excluding hydrogens is 281 g/mol. The molecule has 0 spiro atoms. The predicted octanol–water partition coefficient (Wildman–Crippen LogP) is 2.43. The van der Waals surface area contributed by atoms with E-state index in [1.807, 2.05) is 0 Å². The summed E-state index contributed by atoms with van der Waals surface area (Å²) in [6, 6.07) is 6.37. The highest BCUT2D eigenvalue weighted by Crippen LogP contribution is 2.32. The van der Waals surface area contributed by atoms with Crippen LogP contribution in [0.2, 0.25) is 0 Å². The molecule has 1 aliphatic carbocycles. The lowest BCUT2D eigenvalue weighted by Gasteiger charge is -2.38. The van der Waals surface area contributed by atoms with Crippen LogP contribution in [0.4, 0.5) is 4.39 Å². The van der Waals surface area contributed by atoms with Gasteiger partial charge in [-0.15, -0.1) is 11.8 Å². The summed E-state index contributed by atoms with van der Waals surface area (Å²) in [5.41, 5.74) is -1.07. The van der Waals surface area contributed by atoms with Gasteiger partial charge < -0.3 is 10.4 Å². The first-order valence-corrected chi connectivity index (χ1v) is 7.44. The molecule has 1 fully saturated rings. The number of carboxylic acid groups (broad SMARTS) is 1. The van der Waals surface area contributed by atoms with Crippen LogP contribution in [0.5, 0.6) is 0 Å². The average Bonchev–Trinajstić information content (AvgIpc) is 2.36. The Balaban J connectivity index is 1.78. The van der Waals surface area contributed by atoms with Crippen LogP contribution in [0.3, 0.4) is 0 Å². The van der Waals surface area contributed by atoms with Crippen molar-refractivity contribution >= 4 is 23.6 Å². The summed E-state index contributed by atoms with van der Waals surface area (Å²) in [5, 5.41) is 11.7. The van der Waals surface area contributed by atoms with Gasteiger partial charge in [0.2, 0.25) is 5.91 Å². The van der Waals surface area contributed by atoms with Crippen LogP contribution < -0.4 is 5.32 Å². The van der Waals surface area contributed by atoms with Crippen LogP contribution in [-0.2, 0) is 9.59 Å². The molecule has 0 aromatic heterocycles. The molecule has 0 bridgehead atoms. The quantitative estimate of drug-likeness (QED) is 0.791. The lowest BCUT2D eigenvalue weighted by molar-refractivity contribution is -0.151. The van der Waals surface area contributed by atoms with E-state index in [1.165, 1.54) is 17.8 Å². The van der Waals surface area contributed by atoms with Crippen LogP contribution in [0.1, 0.15) is 25.7 Å². The summed E-state index contributed by atoms with van der Waals surface area (Å²) < 4.78 is 13.4. The molecule has 1 saturated carbocycles. The monoisotopic (exact) mass is 297 g/mol. The maximum absolute atomic E-state index is 13.4. The number of thioether (sulfide) groups is 1. The van der Waals surface area contributed by atoms with Crippen molar-refractivity contribution in [1.29, 1.82) is 0 Å². The zero-order valence-corrected chi connectivity index (χ0v) is 11.7. The number of carbonyl (C=O) groups excluding carboxylic acids is 1. The lowest BCUT2D eigenvalue weighted by Crippen LogP contribution is -2.59. The first kappa shape index (κ1) is 14.8. The Morgan fingerprint density at radius 2 is 2.05 bits per heavy atom. The summed E-state index contributed by atoms with van der Waals surface area (Å²) in [4.78, 5) is 23.4. The Morgan fingerprint density at radius 3 is 2.60 bits per heavy atom. The molecule has 0 saturated heterocycles. The molecule has 1 aromatic rings. The Hall–Kier alpha value is -1.56. The van der Waals surface area contributed by atoms with Gasteiger partial charge in [-0.3, -0.25) is 4.79 Å². The number of hydrogen-bond donors (Lipinski definition) is 2. The van der Waals surface area contributed by atoms with E-state index >= 15 is 0 Å². The second-order valence-electron chi connectivity index (χ2n) is 4.82. The third-order valence-electron chi connectivity index (χ3n) is 3.42. The minimum Gasteiger partial charge on any atom is -0.480 e. The molecule has 1 aromatic carbocycles. The second-order valence-corrected chi connectivity index (χ2v) is 5.95. The number of hydrogen-bond acceptors (Lipinski definition) is 3. The van der Waals surface area contributed by atoms with E-state index in [0.717, 1.165) is 6.42 Å². The molecule has 0 atom stereocenters. The summed E-state index contributed by atoms with van der Waals surface area (Å²) in [7, 11) is 0. The average molecular weight is 297 g/mol. The van der Waals surface area contributed by atoms with E-state index in [4.69, 9.17) is 5.11 Å². The summed E-state index contributed by atoms with van der Waals surface area (Å²) in [5.74, 6) is -1.16. The molecule has 1 amide bonds. The highest BCUT2D eigenvalue weighted by Gasteiger charge is 2.45. The smallest absolute Gasteiger partial charge is 0.329 e. The molecule has 0 unspecified atom stereocenters. The van der Waals surface area contributed by atoms with Crippen molar-refractivity contribution < 1.29 is 19.1 Å². The van der Waals surface area contributed by atoms with Crippen LogP contribution in [0.15, 0.2) is 29.2 Å². The molecule has 20 heavy (non-hydrogen) atoms. The molecule has 108 valence electrons. The topological polar surface area (TPSA) is 66.4 Å². The van der Waals surface area contributed by atoms with Gasteiger partial charge in [0.25, 0.3) is 0 Å². The van der Waals surface area contributed by atoms with Crippen LogP contribution in [-0.4, -0.2) is 28.3 Å². The number of halogens is 1. The summed E-state index contributed by atoms with van der Waals surface area (Å²) >= 11 is 1.25. The van der Waals surface area contributed by atoms with E-state index in [-0.39, 0.29) is 18.1 Å². The van der Waals surface area contributed by atoms with Crippen molar-refractivity contribution in [2.24, 2.45) is 0 Å². The number of carbonyl (C=O) groups is 2. The Bertz CT molecular complexity index is 517. The molecule has 6 heteroatoms. The normalized spacial score (nSPS) is 16.2. The van der Waals surface area contributed by atoms with Gasteiger partial charge in [0.1, 0.15) is 11.4 Å². The largest absolute Gasteiger partial charge is 0.480 e. The molecule has 2 N–H and O–H groups in total. The standard InChI is InChI=1S/C14H16FNO3S/c15-10-4-1-2-5-11(10)20-9-6-12(17)16-14(13(18)19)7-3-8-14/h1-2,4-5H,3,6-9H2,(H,16,17)(H,18,19). The fourth-order valence-corrected chi connectivity index (χ4v) is 2.96. The Kier molecular flexibility index (Phi) is 4.65. The molecule has 1 aliphatic rings. The predicted molar refractivity (Wildman–Crippen MR) is 74.1 cm³/mol. The first-order valence-electron chi connectivity index (χ1n) is 6.45. The lowest BCUT2D eigenvalue weighted by atomic mass is 9.76. The van der Waals surface area contributed by atoms with Crippen molar-refractivity contribution in [2.75, 3.05) is 5.75 Å². The molecule has 0 heterocycles. The van der Waals surface area contributed by atoms with Crippen LogP contribution >= 0.6 is 11.8 Å². The summed E-state index contributed by atoms with van der Waals surface area (Å²) in [6.07, 6.45) is 1.95. The molecule has 2 rings (SSSR count). The van der Waals surface area contributed by atoms with E-state index in [9.17, 15) is 14.0 Å². The number of amides is 1. The van der Waals surface area contributed by atoms with Crippen molar-refractivity contribution in [3.63, 3.8) is 0 Å². The number of benzene rings is 1. The van der Waals surface area contributed by atoms with Gasteiger partial charge in [0.15, 0.2) is 0 Å². The third kappa shape index (κ3) is 3.30. The molecular formula is C14H16FNO3S. The first-order chi connectivity index (χ1) is 9.53. The van der Waals surface area contributed by atoms with Crippen molar-refractivity contribution in [3.8, 4) is 0 Å². The van der Waals surface area contributed by atoms with Gasteiger partial charge in [-0.1, -0.05) is 12.1 Å². The minimum absolute atomic E-state index is 0.175. The zero-order valence-electron chi connectivity index (χ0n) is 10.9. The molecule has 0 radical (unpaired) electrons. The number of aliphatic carboxylic acids is 1. The Morgan fingerprint density at radius 1 is 1.35 bits per heavy atom. The number of rotatable bonds is 6. The van der Waals surface area contributed by atoms with Crippen LogP contribution in [0.25, 0.3) is 0 Å². The number of carboxylic acids is 1. The van der Waals surface area contributed by atoms with Gasteiger partial charge in [-0.05, 0) is 31.4 Å². The van der Waals surface area contributed by atoms with Crippen molar-refractivity contribution in [3.05, 3.63) is 30.1 Å². The highest BCUT2D eigenvalue weighted by molar-refractivity contribution is 7.99. The fraction of sp³-hybridized carbons (Fsp3) is 0.429. The van der Waals surface area contributed by atoms with Crippen molar-refractivity contribution in [2.45, 2.75) is 36.1 Å². The van der Waals surface area contributed by atoms with Crippen molar-refractivity contribution in [1.82, 2.24) is 5.32 Å². The van der Waals surface area contributed by atoms with Gasteiger partial charge in [0, 0.05) is 17.1 Å². The minimum atomic E-state index is -1.07. The second kappa shape index (κ2) is 6.26. The van der Waals surface area contributed by atoms with Gasteiger partial charge in [-0.25, -0.2) is 9.18 Å². The van der Waals surface area contributed by atoms with Gasteiger partial charge in [-0.2, -0.15) is 0 Å². The van der Waals surface area contributed by atoms with Gasteiger partial charge >= 0.3 is 5.97 Å². The van der Waals surface area contributed by atoms with Crippen LogP contribution in [0, 0.1) is 5.82 Å². The third-order valence-corrected chi connectivity index (χ3v) is 4.47. The molecule has 4 nitrogen and oxygen atoms in total.